The Morgan fingerprint density at radius 1 is 0.931 bits per heavy atom. The van der Waals surface area contributed by atoms with Gasteiger partial charge < -0.3 is 4.90 Å². The van der Waals surface area contributed by atoms with E-state index in [0.29, 0.717) is 9.23 Å². The second kappa shape index (κ2) is 8.61. The van der Waals surface area contributed by atoms with E-state index in [2.05, 4.69) is 60.4 Å². The van der Waals surface area contributed by atoms with Gasteiger partial charge in [-0.1, -0.05) is 96.4 Å². The van der Waals surface area contributed by atoms with Crippen molar-refractivity contribution in [2.75, 3.05) is 13.6 Å². The van der Waals surface area contributed by atoms with Gasteiger partial charge in [-0.2, -0.15) is 0 Å². The minimum atomic E-state index is -0.0394. The summed E-state index contributed by atoms with van der Waals surface area (Å²) in [6.07, 6.45) is 3.93. The highest BCUT2D eigenvalue weighted by molar-refractivity contribution is 8.26. The summed E-state index contributed by atoms with van der Waals surface area (Å²) >= 11 is 8.33. The van der Waals surface area contributed by atoms with E-state index < -0.39 is 0 Å². The largest absolute Gasteiger partial charge is 0.335 e. The number of rotatable bonds is 4. The molecule has 1 fully saturated rings. The summed E-state index contributed by atoms with van der Waals surface area (Å²) in [5, 5.41) is 1.10. The molecule has 2 aliphatic heterocycles. The number of hydrogen-bond acceptors (Lipinski definition) is 5. The third-order valence-corrected chi connectivity index (χ3v) is 7.42. The normalized spacial score (nSPS) is 19.9. The van der Waals surface area contributed by atoms with Crippen LogP contribution in [0.25, 0.3) is 10.6 Å². The van der Waals surface area contributed by atoms with Crippen molar-refractivity contribution in [3.63, 3.8) is 0 Å². The van der Waals surface area contributed by atoms with Crippen LogP contribution in [0.4, 0.5) is 0 Å². The number of nitrogens with zero attached hydrogens (tertiary/aromatic N) is 2. The van der Waals surface area contributed by atoms with Crippen molar-refractivity contribution in [3.8, 4) is 0 Å². The van der Waals surface area contributed by atoms with E-state index >= 15 is 0 Å². The number of benzene rings is 2. The van der Waals surface area contributed by atoms with Crippen molar-refractivity contribution in [1.82, 2.24) is 9.80 Å². The smallest absolute Gasteiger partial charge is 0.265 e. The highest BCUT2D eigenvalue weighted by Gasteiger charge is 2.30. The molecule has 0 atom stereocenters. The molecular formula is C23H20N2OS3. The van der Waals surface area contributed by atoms with Crippen LogP contribution in [0, 0.1) is 0 Å². The molecule has 4 rings (SSSR count). The second-order valence-corrected chi connectivity index (χ2v) is 9.23. The first kappa shape index (κ1) is 20.0. The van der Waals surface area contributed by atoms with Gasteiger partial charge in [0.05, 0.1) is 15.6 Å². The van der Waals surface area contributed by atoms with E-state index in [4.69, 9.17) is 12.2 Å². The Hall–Kier alpha value is -2.28. The minimum absolute atomic E-state index is 0.0394. The van der Waals surface area contributed by atoms with Gasteiger partial charge in [-0.25, -0.2) is 0 Å². The van der Waals surface area contributed by atoms with Gasteiger partial charge in [-0.3, -0.25) is 9.69 Å². The Bertz CT molecular complexity index is 1040. The lowest BCUT2D eigenvalue weighted by Crippen LogP contribution is -2.22. The minimum Gasteiger partial charge on any atom is -0.335 e. The fraction of sp³-hybridized carbons (Fsp3) is 0.130. The molecule has 2 aliphatic rings. The Balaban J connectivity index is 1.77. The van der Waals surface area contributed by atoms with Crippen molar-refractivity contribution in [3.05, 3.63) is 93.9 Å². The maximum Gasteiger partial charge on any atom is 0.265 e. The van der Waals surface area contributed by atoms with Crippen LogP contribution in [0.2, 0.25) is 0 Å². The van der Waals surface area contributed by atoms with Crippen LogP contribution < -0.4 is 0 Å². The molecule has 0 spiro atoms. The number of carbonyl (C=O) groups excluding carboxylic acids is 1. The van der Waals surface area contributed by atoms with Gasteiger partial charge >= 0.3 is 0 Å². The molecule has 0 radical (unpaired) electrons. The van der Waals surface area contributed by atoms with Crippen LogP contribution in [0.15, 0.2) is 82.7 Å². The van der Waals surface area contributed by atoms with Crippen molar-refractivity contribution in [2.24, 2.45) is 0 Å². The summed E-state index contributed by atoms with van der Waals surface area (Å²) in [6.45, 7) is 2.98. The van der Waals surface area contributed by atoms with E-state index in [-0.39, 0.29) is 5.91 Å². The number of carbonyl (C=O) groups is 1. The van der Waals surface area contributed by atoms with Crippen LogP contribution in [-0.2, 0) is 4.79 Å². The monoisotopic (exact) mass is 436 g/mol. The summed E-state index contributed by atoms with van der Waals surface area (Å²) in [7, 11) is 1.72. The first-order chi connectivity index (χ1) is 14.1. The van der Waals surface area contributed by atoms with Crippen molar-refractivity contribution < 1.29 is 4.79 Å². The number of hydrogen-bond donors (Lipinski definition) is 0. The molecule has 0 bridgehead atoms. The van der Waals surface area contributed by atoms with Gasteiger partial charge in [0.1, 0.15) is 4.32 Å². The lowest BCUT2D eigenvalue weighted by Gasteiger charge is -2.21. The molecule has 2 heterocycles. The van der Waals surface area contributed by atoms with Crippen LogP contribution in [0.5, 0.6) is 0 Å². The Kier molecular flexibility index (Phi) is 5.94. The predicted octanol–water partition coefficient (Wildman–Crippen LogP) is 5.80. The number of allylic oxidation sites excluding steroid dienone is 2. The zero-order chi connectivity index (χ0) is 20.4. The molecule has 146 valence electrons. The average Bonchev–Trinajstić information content (AvgIpc) is 3.25. The topological polar surface area (TPSA) is 23.6 Å². The van der Waals surface area contributed by atoms with Gasteiger partial charge in [-0.05, 0) is 30.2 Å². The van der Waals surface area contributed by atoms with Crippen LogP contribution in [-0.4, -0.2) is 33.6 Å². The molecular weight excluding hydrogens is 416 g/mol. The Morgan fingerprint density at radius 2 is 1.55 bits per heavy atom. The molecule has 0 N–H and O–H groups in total. The fourth-order valence-corrected chi connectivity index (χ4v) is 5.63. The van der Waals surface area contributed by atoms with Crippen LogP contribution in [0.1, 0.15) is 18.1 Å². The molecule has 0 aliphatic carbocycles. The Labute approximate surface area is 185 Å². The van der Waals surface area contributed by atoms with Crippen LogP contribution in [0.3, 0.4) is 0 Å². The van der Waals surface area contributed by atoms with Gasteiger partial charge in [0.15, 0.2) is 0 Å². The van der Waals surface area contributed by atoms with Gasteiger partial charge in [0, 0.05) is 18.5 Å². The van der Waals surface area contributed by atoms with Crippen molar-refractivity contribution >= 4 is 56.6 Å². The Morgan fingerprint density at radius 3 is 2.10 bits per heavy atom. The van der Waals surface area contributed by atoms with E-state index in [9.17, 15) is 4.79 Å². The van der Waals surface area contributed by atoms with Crippen LogP contribution >= 0.6 is 35.7 Å². The number of thiocarbonyl (C=S) groups is 1. The summed E-state index contributed by atoms with van der Waals surface area (Å²) in [5.41, 5.74) is 3.58. The summed E-state index contributed by atoms with van der Waals surface area (Å²) in [4.78, 5) is 18.1. The molecule has 1 amide bonds. The average molecular weight is 437 g/mol. The fourth-order valence-electron chi connectivity index (χ4n) is 3.25. The van der Waals surface area contributed by atoms with Crippen molar-refractivity contribution in [2.45, 2.75) is 6.92 Å². The number of thioether (sulfide) groups is 2. The molecule has 6 heteroatoms. The van der Waals surface area contributed by atoms with Gasteiger partial charge in [0.2, 0.25) is 0 Å². The van der Waals surface area contributed by atoms with Crippen molar-refractivity contribution in [1.29, 1.82) is 0 Å². The third-order valence-electron chi connectivity index (χ3n) is 4.72. The molecule has 3 nitrogen and oxygen atoms in total. The third kappa shape index (κ3) is 3.92. The molecule has 0 aromatic heterocycles. The maximum atomic E-state index is 12.3. The molecule has 0 saturated carbocycles. The molecule has 2 aromatic rings. The second-order valence-electron chi connectivity index (χ2n) is 6.52. The predicted molar refractivity (Wildman–Crippen MR) is 129 cm³/mol. The van der Waals surface area contributed by atoms with Gasteiger partial charge in [0.25, 0.3) is 5.91 Å². The highest BCUT2D eigenvalue weighted by atomic mass is 32.2. The van der Waals surface area contributed by atoms with E-state index in [1.165, 1.54) is 38.4 Å². The lowest BCUT2D eigenvalue weighted by atomic mass is 10.1. The zero-order valence-corrected chi connectivity index (χ0v) is 18.6. The maximum absolute atomic E-state index is 12.3. The van der Waals surface area contributed by atoms with E-state index in [0.717, 1.165) is 11.6 Å². The number of likely N-dealkylation sites (N-methyl/N-ethyl adjacent to an activating group) is 1. The molecule has 0 unspecified atom stereocenters. The first-order valence-corrected chi connectivity index (χ1v) is 11.4. The molecule has 29 heavy (non-hydrogen) atoms. The van der Waals surface area contributed by atoms with E-state index in [1.807, 2.05) is 24.3 Å². The highest BCUT2D eigenvalue weighted by Crippen LogP contribution is 2.50. The summed E-state index contributed by atoms with van der Waals surface area (Å²) in [6, 6.07) is 20.9. The summed E-state index contributed by atoms with van der Waals surface area (Å²) < 4.78 is 0.596. The SMILES string of the molecule is CCN1C(c2ccccc2)=C(c2ccccc2)S/C1=C\C=C1/SC(=S)N(C)C1=O. The molecule has 1 saturated heterocycles. The lowest BCUT2D eigenvalue weighted by molar-refractivity contribution is -0.121. The first-order valence-electron chi connectivity index (χ1n) is 9.32. The standard InChI is InChI=1S/C23H20N2OS3/c1-3-25-19(15-14-18-22(26)24(2)23(27)28-18)29-21(17-12-8-5-9-13-17)20(25)16-10-6-4-7-11-16/h4-15H,3H2,1-2H3/b18-14-,19-15-. The van der Waals surface area contributed by atoms with Gasteiger partial charge in [-0.15, -0.1) is 0 Å². The zero-order valence-electron chi connectivity index (χ0n) is 16.2. The number of amides is 1. The van der Waals surface area contributed by atoms with E-state index in [1.54, 1.807) is 18.8 Å². The summed E-state index contributed by atoms with van der Waals surface area (Å²) in [5.74, 6) is -0.0394. The quantitative estimate of drug-likeness (QED) is 0.445. The molecule has 2 aromatic carbocycles.